The molecule has 1 aromatic carbocycles. The van der Waals surface area contributed by atoms with Gasteiger partial charge in [-0.1, -0.05) is 36.4 Å². The highest BCUT2D eigenvalue weighted by Gasteiger charge is 2.43. The van der Waals surface area contributed by atoms with Crippen LogP contribution in [0.5, 0.6) is 0 Å². The fraction of sp³-hybridized carbons (Fsp3) is 0.619. The van der Waals surface area contributed by atoms with Crippen LogP contribution in [0, 0.1) is 0 Å². The molecule has 2 fully saturated rings. The summed E-state index contributed by atoms with van der Waals surface area (Å²) in [5.74, 6) is 0. The second-order valence-electron chi connectivity index (χ2n) is 7.91. The molecule has 0 radical (unpaired) electrons. The lowest BCUT2D eigenvalue weighted by Crippen LogP contribution is -2.60. The van der Waals surface area contributed by atoms with E-state index in [0.29, 0.717) is 0 Å². The summed E-state index contributed by atoms with van der Waals surface area (Å²) in [5.41, 5.74) is 1.51. The van der Waals surface area contributed by atoms with Crippen LogP contribution in [0.3, 0.4) is 0 Å². The Kier molecular flexibility index (Phi) is 5.43. The minimum atomic E-state index is -0.0448. The van der Waals surface area contributed by atoms with Crippen molar-refractivity contribution >= 4 is 0 Å². The maximum Gasteiger partial charge on any atom is 0.0647 e. The van der Waals surface area contributed by atoms with Gasteiger partial charge in [0.15, 0.2) is 0 Å². The average molecular weight is 329 g/mol. The first-order chi connectivity index (χ1) is 11.5. The van der Waals surface area contributed by atoms with Crippen molar-refractivity contribution in [3.8, 4) is 0 Å². The van der Waals surface area contributed by atoms with Crippen molar-refractivity contribution in [3.63, 3.8) is 0 Å². The molecule has 0 saturated carbocycles. The van der Waals surface area contributed by atoms with Gasteiger partial charge < -0.3 is 9.64 Å². The number of ether oxygens (including phenoxy) is 1. The molecular formula is C21H32N2O. The molecule has 2 aliphatic heterocycles. The highest BCUT2D eigenvalue weighted by molar-refractivity contribution is 5.15. The van der Waals surface area contributed by atoms with Crippen LogP contribution in [-0.4, -0.2) is 60.3 Å². The van der Waals surface area contributed by atoms with Gasteiger partial charge in [0.25, 0.3) is 0 Å². The lowest BCUT2D eigenvalue weighted by molar-refractivity contribution is -0.111. The zero-order valence-electron chi connectivity index (χ0n) is 15.3. The van der Waals surface area contributed by atoms with Gasteiger partial charge in [0, 0.05) is 44.9 Å². The molecule has 2 heterocycles. The van der Waals surface area contributed by atoms with Gasteiger partial charge in [0.1, 0.15) is 0 Å². The van der Waals surface area contributed by atoms with Crippen molar-refractivity contribution in [2.24, 2.45) is 0 Å². The normalized spacial score (nSPS) is 28.6. The van der Waals surface area contributed by atoms with Gasteiger partial charge in [0.05, 0.1) is 5.60 Å². The molecule has 24 heavy (non-hydrogen) atoms. The Balaban J connectivity index is 1.53. The van der Waals surface area contributed by atoms with Gasteiger partial charge in [-0.25, -0.2) is 0 Å². The summed E-state index contributed by atoms with van der Waals surface area (Å²) in [6.45, 7) is 15.2. The number of hydrogen-bond donors (Lipinski definition) is 0. The molecule has 0 aromatic heterocycles. The summed E-state index contributed by atoms with van der Waals surface area (Å²) in [5, 5.41) is 0. The maximum absolute atomic E-state index is 5.94. The van der Waals surface area contributed by atoms with Gasteiger partial charge in [-0.05, 0) is 38.7 Å². The van der Waals surface area contributed by atoms with Crippen LogP contribution in [0.25, 0.3) is 0 Å². The van der Waals surface area contributed by atoms with Crippen molar-refractivity contribution in [2.45, 2.75) is 44.2 Å². The smallest absolute Gasteiger partial charge is 0.0647 e. The minimum absolute atomic E-state index is 0.0448. The van der Waals surface area contributed by atoms with E-state index in [1.165, 1.54) is 5.56 Å². The van der Waals surface area contributed by atoms with Crippen LogP contribution in [-0.2, 0) is 11.2 Å². The Labute approximate surface area is 147 Å². The number of nitrogens with zero attached hydrogens (tertiary/aromatic N) is 2. The predicted molar refractivity (Wildman–Crippen MR) is 100 cm³/mol. The lowest BCUT2D eigenvalue weighted by atomic mass is 9.79. The van der Waals surface area contributed by atoms with E-state index in [1.54, 1.807) is 0 Å². The molecule has 0 amide bonds. The number of hydrogen-bond acceptors (Lipinski definition) is 3. The monoisotopic (exact) mass is 328 g/mol. The highest BCUT2D eigenvalue weighted by atomic mass is 16.5. The van der Waals surface area contributed by atoms with Crippen molar-refractivity contribution in [2.75, 3.05) is 39.3 Å². The molecular weight excluding hydrogens is 296 g/mol. The summed E-state index contributed by atoms with van der Waals surface area (Å²) < 4.78 is 5.94. The highest BCUT2D eigenvalue weighted by Crippen LogP contribution is 2.37. The summed E-state index contributed by atoms with van der Waals surface area (Å²) in [7, 11) is 0. The molecule has 3 rings (SSSR count). The SMILES string of the molecule is C=CC1(N2CCN(CCc3ccccc3)CC2)CCOC(C)(C)C1. The quantitative estimate of drug-likeness (QED) is 0.771. The van der Waals surface area contributed by atoms with Crippen molar-refractivity contribution in [3.05, 3.63) is 48.6 Å². The van der Waals surface area contributed by atoms with Crippen molar-refractivity contribution < 1.29 is 4.74 Å². The fourth-order valence-electron chi connectivity index (χ4n) is 4.30. The van der Waals surface area contributed by atoms with Crippen LogP contribution in [0.15, 0.2) is 43.0 Å². The van der Waals surface area contributed by atoms with Gasteiger partial charge in [-0.2, -0.15) is 0 Å². The second-order valence-corrected chi connectivity index (χ2v) is 7.91. The van der Waals surface area contributed by atoms with Gasteiger partial charge in [-0.15, -0.1) is 6.58 Å². The largest absolute Gasteiger partial charge is 0.375 e. The third-order valence-corrected chi connectivity index (χ3v) is 5.70. The van der Waals surface area contributed by atoms with E-state index >= 15 is 0 Å². The third kappa shape index (κ3) is 4.08. The Bertz CT molecular complexity index is 534. The van der Waals surface area contributed by atoms with E-state index in [2.05, 4.69) is 66.6 Å². The van der Waals surface area contributed by atoms with E-state index in [0.717, 1.165) is 58.6 Å². The minimum Gasteiger partial charge on any atom is -0.375 e. The Morgan fingerprint density at radius 3 is 2.46 bits per heavy atom. The predicted octanol–water partition coefficient (Wildman–Crippen LogP) is 3.36. The summed E-state index contributed by atoms with van der Waals surface area (Å²) >= 11 is 0. The maximum atomic E-state index is 5.94. The van der Waals surface area contributed by atoms with Crippen LogP contribution in [0.1, 0.15) is 32.3 Å². The van der Waals surface area contributed by atoms with Crippen LogP contribution < -0.4 is 0 Å². The molecule has 0 spiro atoms. The number of rotatable bonds is 5. The average Bonchev–Trinajstić information content (AvgIpc) is 2.60. The Hall–Kier alpha value is -1.16. The molecule has 0 aliphatic carbocycles. The first-order valence-corrected chi connectivity index (χ1v) is 9.32. The standard InChI is InChI=1S/C21H32N2O/c1-4-21(11-17-24-20(2,3)18-21)23-15-13-22(14-16-23)12-10-19-8-6-5-7-9-19/h4-9H,1,10-18H2,2-3H3. The van der Waals surface area contributed by atoms with Crippen LogP contribution in [0.2, 0.25) is 0 Å². The third-order valence-electron chi connectivity index (χ3n) is 5.70. The lowest BCUT2D eigenvalue weighted by Gasteiger charge is -2.52. The summed E-state index contributed by atoms with van der Waals surface area (Å²) in [6, 6.07) is 10.8. The zero-order chi connectivity index (χ0) is 17.0. The summed E-state index contributed by atoms with van der Waals surface area (Å²) in [6.07, 6.45) is 5.46. The van der Waals surface area contributed by atoms with E-state index < -0.39 is 0 Å². The number of piperazine rings is 1. The molecule has 1 atom stereocenters. The molecule has 0 bridgehead atoms. The topological polar surface area (TPSA) is 15.7 Å². The molecule has 132 valence electrons. The van der Waals surface area contributed by atoms with Gasteiger partial charge in [-0.3, -0.25) is 4.90 Å². The Morgan fingerprint density at radius 1 is 1.12 bits per heavy atom. The fourth-order valence-corrected chi connectivity index (χ4v) is 4.30. The second kappa shape index (κ2) is 7.38. The van der Waals surface area contributed by atoms with E-state index in [-0.39, 0.29) is 11.1 Å². The van der Waals surface area contributed by atoms with E-state index in [4.69, 9.17) is 4.74 Å². The first kappa shape index (κ1) is 17.7. The van der Waals surface area contributed by atoms with E-state index in [9.17, 15) is 0 Å². The molecule has 0 N–H and O–H groups in total. The molecule has 3 heteroatoms. The van der Waals surface area contributed by atoms with Crippen molar-refractivity contribution in [1.29, 1.82) is 0 Å². The summed E-state index contributed by atoms with van der Waals surface area (Å²) in [4.78, 5) is 5.26. The van der Waals surface area contributed by atoms with Gasteiger partial charge >= 0.3 is 0 Å². The molecule has 2 aliphatic rings. The number of benzene rings is 1. The van der Waals surface area contributed by atoms with Crippen LogP contribution in [0.4, 0.5) is 0 Å². The van der Waals surface area contributed by atoms with Gasteiger partial charge in [0.2, 0.25) is 0 Å². The Morgan fingerprint density at radius 2 is 1.83 bits per heavy atom. The van der Waals surface area contributed by atoms with Crippen molar-refractivity contribution in [1.82, 2.24) is 9.80 Å². The molecule has 3 nitrogen and oxygen atoms in total. The molecule has 1 unspecified atom stereocenters. The van der Waals surface area contributed by atoms with Crippen LogP contribution >= 0.6 is 0 Å². The van der Waals surface area contributed by atoms with E-state index in [1.807, 2.05) is 0 Å². The zero-order valence-corrected chi connectivity index (χ0v) is 15.3. The first-order valence-electron chi connectivity index (χ1n) is 9.32. The molecule has 2 saturated heterocycles. The molecule has 1 aromatic rings.